The van der Waals surface area contributed by atoms with E-state index in [1.807, 2.05) is 23.1 Å². The second kappa shape index (κ2) is 4.97. The number of carbonyl (C=O) groups is 1. The number of nitrogens with zero attached hydrogens (tertiary/aromatic N) is 1. The summed E-state index contributed by atoms with van der Waals surface area (Å²) in [5.41, 5.74) is 6.97. The van der Waals surface area contributed by atoms with Crippen molar-refractivity contribution in [2.75, 3.05) is 13.1 Å². The fourth-order valence-electron chi connectivity index (χ4n) is 1.98. The Bertz CT molecular complexity index is 394. The predicted octanol–water partition coefficient (Wildman–Crippen LogP) is 1.55. The summed E-state index contributed by atoms with van der Waals surface area (Å²) in [7, 11) is 0. The summed E-state index contributed by atoms with van der Waals surface area (Å²) < 4.78 is 1.10. The van der Waals surface area contributed by atoms with E-state index < -0.39 is 0 Å². The summed E-state index contributed by atoms with van der Waals surface area (Å²) in [6, 6.07) is 8.12. The Hall–Kier alpha value is -0.870. The second-order valence-corrected chi connectivity index (χ2v) is 5.00. The third-order valence-electron chi connectivity index (χ3n) is 2.85. The van der Waals surface area contributed by atoms with Gasteiger partial charge in [-0.3, -0.25) is 4.79 Å². The van der Waals surface area contributed by atoms with Gasteiger partial charge in [-0.1, -0.05) is 34.1 Å². The first-order valence-electron chi connectivity index (χ1n) is 5.43. The van der Waals surface area contributed by atoms with Crippen molar-refractivity contribution in [2.45, 2.75) is 18.9 Å². The summed E-state index contributed by atoms with van der Waals surface area (Å²) in [6.45, 7) is 1.46. The van der Waals surface area contributed by atoms with Gasteiger partial charge in [0, 0.05) is 30.0 Å². The van der Waals surface area contributed by atoms with Crippen LogP contribution in [0.2, 0.25) is 0 Å². The maximum atomic E-state index is 11.5. The van der Waals surface area contributed by atoms with Gasteiger partial charge >= 0.3 is 0 Å². The van der Waals surface area contributed by atoms with Crippen LogP contribution in [-0.4, -0.2) is 29.9 Å². The van der Waals surface area contributed by atoms with Crippen LogP contribution in [-0.2, 0) is 11.2 Å². The highest BCUT2D eigenvalue weighted by molar-refractivity contribution is 9.10. The van der Waals surface area contributed by atoms with Crippen LogP contribution in [0.1, 0.15) is 12.0 Å². The Labute approximate surface area is 104 Å². The quantitative estimate of drug-likeness (QED) is 0.915. The number of nitrogens with two attached hydrogens (primary N) is 1. The summed E-state index contributed by atoms with van der Waals surface area (Å²) in [5.74, 6) is 0.180. The lowest BCUT2D eigenvalue weighted by atomic mass is 10.1. The van der Waals surface area contributed by atoms with Crippen LogP contribution in [0, 0.1) is 0 Å². The molecular formula is C12H15BrN2O. The zero-order valence-electron chi connectivity index (χ0n) is 9.03. The van der Waals surface area contributed by atoms with Crippen LogP contribution in [0.4, 0.5) is 0 Å². The van der Waals surface area contributed by atoms with E-state index in [1.54, 1.807) is 0 Å². The molecule has 1 aromatic rings. The van der Waals surface area contributed by atoms with Crippen LogP contribution in [0.25, 0.3) is 0 Å². The number of rotatable bonds is 3. The molecule has 3 nitrogen and oxygen atoms in total. The van der Waals surface area contributed by atoms with E-state index in [1.165, 1.54) is 5.56 Å². The van der Waals surface area contributed by atoms with E-state index in [9.17, 15) is 4.79 Å². The molecule has 2 rings (SSSR count). The van der Waals surface area contributed by atoms with Crippen molar-refractivity contribution in [1.82, 2.24) is 4.90 Å². The normalized spacial score (nSPS) is 20.5. The van der Waals surface area contributed by atoms with Gasteiger partial charge in [-0.05, 0) is 18.1 Å². The molecule has 0 spiro atoms. The zero-order valence-corrected chi connectivity index (χ0v) is 10.6. The van der Waals surface area contributed by atoms with E-state index in [2.05, 4.69) is 22.0 Å². The third-order valence-corrected chi connectivity index (χ3v) is 3.63. The summed E-state index contributed by atoms with van der Waals surface area (Å²) in [6.07, 6.45) is 1.37. The van der Waals surface area contributed by atoms with Crippen LogP contribution < -0.4 is 5.73 Å². The summed E-state index contributed by atoms with van der Waals surface area (Å²) in [4.78, 5) is 13.4. The smallest absolute Gasteiger partial charge is 0.224 e. The Morgan fingerprint density at radius 3 is 2.81 bits per heavy atom. The lowest BCUT2D eigenvalue weighted by Crippen LogP contribution is -2.30. The first kappa shape index (κ1) is 11.6. The molecule has 1 unspecified atom stereocenters. The first-order chi connectivity index (χ1) is 7.66. The van der Waals surface area contributed by atoms with Gasteiger partial charge in [0.1, 0.15) is 0 Å². The van der Waals surface area contributed by atoms with Crippen molar-refractivity contribution in [3.63, 3.8) is 0 Å². The van der Waals surface area contributed by atoms with Crippen molar-refractivity contribution in [3.8, 4) is 0 Å². The summed E-state index contributed by atoms with van der Waals surface area (Å²) >= 11 is 3.50. The monoisotopic (exact) mass is 282 g/mol. The van der Waals surface area contributed by atoms with Crippen molar-refractivity contribution in [3.05, 3.63) is 34.3 Å². The van der Waals surface area contributed by atoms with Crippen molar-refractivity contribution in [1.29, 1.82) is 0 Å². The molecular weight excluding hydrogens is 268 g/mol. The van der Waals surface area contributed by atoms with Gasteiger partial charge in [0.25, 0.3) is 0 Å². The third kappa shape index (κ3) is 2.62. The Morgan fingerprint density at radius 1 is 1.44 bits per heavy atom. The topological polar surface area (TPSA) is 46.3 Å². The van der Waals surface area contributed by atoms with Gasteiger partial charge in [-0.25, -0.2) is 0 Å². The van der Waals surface area contributed by atoms with E-state index in [4.69, 9.17) is 5.73 Å². The maximum Gasteiger partial charge on any atom is 0.224 e. The van der Waals surface area contributed by atoms with Crippen molar-refractivity contribution in [2.24, 2.45) is 5.73 Å². The highest BCUT2D eigenvalue weighted by atomic mass is 79.9. The molecule has 1 amide bonds. The minimum absolute atomic E-state index is 0.0201. The van der Waals surface area contributed by atoms with Crippen LogP contribution in [0.5, 0.6) is 0 Å². The number of hydrogen-bond acceptors (Lipinski definition) is 2. The fourth-order valence-corrected chi connectivity index (χ4v) is 2.46. The second-order valence-electron chi connectivity index (χ2n) is 4.15. The number of likely N-dealkylation sites (tertiary alicyclic amines) is 1. The maximum absolute atomic E-state index is 11.5. The van der Waals surface area contributed by atoms with Gasteiger partial charge in [0.15, 0.2) is 0 Å². The molecule has 1 aromatic carbocycles. The van der Waals surface area contributed by atoms with Gasteiger partial charge in [-0.2, -0.15) is 0 Å². The minimum Gasteiger partial charge on any atom is -0.341 e. The number of amides is 1. The average molecular weight is 283 g/mol. The standard InChI is InChI=1S/C12H15BrN2O/c13-11-4-2-1-3-9(11)5-6-15-8-10(14)7-12(15)16/h1-4,10H,5-8,14H2. The fraction of sp³-hybridized carbons (Fsp3) is 0.417. The van der Waals surface area contributed by atoms with Crippen molar-refractivity contribution < 1.29 is 4.79 Å². The summed E-state index contributed by atoms with van der Waals surface area (Å²) in [5, 5.41) is 0. The van der Waals surface area contributed by atoms with Gasteiger partial charge < -0.3 is 10.6 Å². The van der Waals surface area contributed by atoms with E-state index in [0.29, 0.717) is 13.0 Å². The molecule has 16 heavy (non-hydrogen) atoms. The molecule has 1 fully saturated rings. The number of halogens is 1. The number of hydrogen-bond donors (Lipinski definition) is 1. The van der Waals surface area contributed by atoms with Crippen LogP contribution in [0.3, 0.4) is 0 Å². The molecule has 0 aliphatic carbocycles. The Kier molecular flexibility index (Phi) is 3.61. The SMILES string of the molecule is NC1CC(=O)N(CCc2ccccc2Br)C1. The molecule has 1 saturated heterocycles. The van der Waals surface area contributed by atoms with Gasteiger partial charge in [0.2, 0.25) is 5.91 Å². The molecule has 86 valence electrons. The number of carbonyl (C=O) groups excluding carboxylic acids is 1. The molecule has 4 heteroatoms. The zero-order chi connectivity index (χ0) is 11.5. The average Bonchev–Trinajstić information content (AvgIpc) is 2.56. The highest BCUT2D eigenvalue weighted by Crippen LogP contribution is 2.17. The minimum atomic E-state index is 0.0201. The van der Waals surface area contributed by atoms with E-state index in [0.717, 1.165) is 17.4 Å². The number of benzene rings is 1. The lowest BCUT2D eigenvalue weighted by Gasteiger charge is -2.16. The largest absolute Gasteiger partial charge is 0.341 e. The molecule has 0 saturated carbocycles. The van der Waals surface area contributed by atoms with E-state index in [-0.39, 0.29) is 11.9 Å². The molecule has 1 heterocycles. The van der Waals surface area contributed by atoms with E-state index >= 15 is 0 Å². The highest BCUT2D eigenvalue weighted by Gasteiger charge is 2.26. The predicted molar refractivity (Wildman–Crippen MR) is 67.0 cm³/mol. The first-order valence-corrected chi connectivity index (χ1v) is 6.23. The Balaban J connectivity index is 1.93. The Morgan fingerprint density at radius 2 is 2.19 bits per heavy atom. The van der Waals surface area contributed by atoms with Crippen LogP contribution in [0.15, 0.2) is 28.7 Å². The van der Waals surface area contributed by atoms with Gasteiger partial charge in [-0.15, -0.1) is 0 Å². The van der Waals surface area contributed by atoms with Crippen molar-refractivity contribution >= 4 is 21.8 Å². The molecule has 2 N–H and O–H groups in total. The molecule has 0 radical (unpaired) electrons. The molecule has 1 aliphatic heterocycles. The van der Waals surface area contributed by atoms with Gasteiger partial charge in [0.05, 0.1) is 0 Å². The lowest BCUT2D eigenvalue weighted by molar-refractivity contribution is -0.127. The molecule has 0 aromatic heterocycles. The van der Waals surface area contributed by atoms with Crippen LogP contribution >= 0.6 is 15.9 Å². The molecule has 1 aliphatic rings. The molecule has 1 atom stereocenters. The molecule has 0 bridgehead atoms.